The molecule has 1 saturated heterocycles. The van der Waals surface area contributed by atoms with Crippen molar-refractivity contribution in [3.63, 3.8) is 0 Å². The molecule has 4 nitrogen and oxygen atoms in total. The Bertz CT molecular complexity index is 410. The Morgan fingerprint density at radius 1 is 1.29 bits per heavy atom. The largest absolute Gasteiger partial charge is 0.480 e. The Morgan fingerprint density at radius 3 is 2.41 bits per heavy atom. The maximum absolute atomic E-state index is 11.2. The van der Waals surface area contributed by atoms with E-state index in [1.54, 1.807) is 0 Å². The molecular weight excluding hydrogens is 218 g/mol. The third kappa shape index (κ3) is 2.46. The van der Waals surface area contributed by atoms with Gasteiger partial charge in [0, 0.05) is 6.92 Å². The van der Waals surface area contributed by atoms with Gasteiger partial charge < -0.3 is 10.0 Å². The van der Waals surface area contributed by atoms with Crippen LogP contribution in [0.5, 0.6) is 0 Å². The van der Waals surface area contributed by atoms with E-state index in [-0.39, 0.29) is 11.9 Å². The quantitative estimate of drug-likeness (QED) is 0.797. The van der Waals surface area contributed by atoms with Crippen molar-refractivity contribution in [1.29, 1.82) is 0 Å². The molecule has 1 aliphatic heterocycles. The number of aliphatic carboxylic acids is 1. The molecule has 1 amide bonds. The molecule has 1 aromatic carbocycles. The molecular formula is C13H15NO3. The molecule has 1 unspecified atom stereocenters. The highest BCUT2D eigenvalue weighted by molar-refractivity contribution is 5.89. The summed E-state index contributed by atoms with van der Waals surface area (Å²) in [5, 5.41) is 8.95. The molecule has 17 heavy (non-hydrogen) atoms. The average Bonchev–Trinajstić information content (AvgIpc) is 3.02. The zero-order valence-electron chi connectivity index (χ0n) is 9.67. The lowest BCUT2D eigenvalue weighted by atomic mass is 10.1. The summed E-state index contributed by atoms with van der Waals surface area (Å²) in [6.07, 6.45) is 1.51. The first-order valence-electron chi connectivity index (χ1n) is 5.67. The summed E-state index contributed by atoms with van der Waals surface area (Å²) in [5.41, 5.74) is 1.17. The lowest BCUT2D eigenvalue weighted by Crippen LogP contribution is -2.15. The van der Waals surface area contributed by atoms with E-state index < -0.39 is 12.0 Å². The summed E-state index contributed by atoms with van der Waals surface area (Å²) in [6, 6.07) is 9.13. The standard InChI is InChI=1S/C13H15NO3/c1-9(15)14-11(12(14)13(16)17)8-7-10-5-3-2-4-6-10/h2-6,11-12H,7-8H2,1H3,(H,16,17)/t11?,12-,14?/m0/s1. The minimum Gasteiger partial charge on any atom is -0.480 e. The number of hydrogen-bond donors (Lipinski definition) is 1. The molecule has 1 aromatic rings. The number of hydrogen-bond acceptors (Lipinski definition) is 2. The van der Waals surface area contributed by atoms with Gasteiger partial charge >= 0.3 is 5.97 Å². The number of amides is 1. The van der Waals surface area contributed by atoms with Crippen LogP contribution in [0.25, 0.3) is 0 Å². The minimum absolute atomic E-state index is 0.134. The predicted molar refractivity (Wildman–Crippen MR) is 62.5 cm³/mol. The van der Waals surface area contributed by atoms with Crippen molar-refractivity contribution in [2.45, 2.75) is 31.8 Å². The van der Waals surface area contributed by atoms with Gasteiger partial charge in [0.1, 0.15) is 6.04 Å². The van der Waals surface area contributed by atoms with Crippen LogP contribution < -0.4 is 0 Å². The van der Waals surface area contributed by atoms with Crippen molar-refractivity contribution in [2.75, 3.05) is 0 Å². The van der Waals surface area contributed by atoms with Crippen LogP contribution in [0, 0.1) is 0 Å². The molecule has 1 N–H and O–H groups in total. The number of carbonyl (C=O) groups excluding carboxylic acids is 1. The molecule has 2 atom stereocenters. The van der Waals surface area contributed by atoms with Crippen molar-refractivity contribution in [3.05, 3.63) is 35.9 Å². The van der Waals surface area contributed by atoms with Crippen molar-refractivity contribution < 1.29 is 14.7 Å². The summed E-state index contributed by atoms with van der Waals surface area (Å²) in [5.74, 6) is -1.06. The predicted octanol–water partition coefficient (Wildman–Crippen LogP) is 1.30. The van der Waals surface area contributed by atoms with E-state index in [0.717, 1.165) is 6.42 Å². The summed E-state index contributed by atoms with van der Waals surface area (Å²) < 4.78 is 0. The third-order valence-corrected chi connectivity index (χ3v) is 3.12. The smallest absolute Gasteiger partial charge is 0.328 e. The van der Waals surface area contributed by atoms with Crippen molar-refractivity contribution in [1.82, 2.24) is 4.90 Å². The number of aryl methyl sites for hydroxylation is 1. The van der Waals surface area contributed by atoms with Crippen LogP contribution in [0.3, 0.4) is 0 Å². The number of carboxylic acids is 1. The van der Waals surface area contributed by atoms with Crippen molar-refractivity contribution in [2.24, 2.45) is 0 Å². The van der Waals surface area contributed by atoms with Crippen LogP contribution >= 0.6 is 0 Å². The second-order valence-electron chi connectivity index (χ2n) is 4.30. The highest BCUT2D eigenvalue weighted by Crippen LogP contribution is 2.32. The number of carbonyl (C=O) groups is 2. The van der Waals surface area contributed by atoms with Crippen LogP contribution in [0.1, 0.15) is 18.9 Å². The molecule has 4 heteroatoms. The van der Waals surface area contributed by atoms with Crippen molar-refractivity contribution in [3.8, 4) is 0 Å². The van der Waals surface area contributed by atoms with E-state index in [9.17, 15) is 9.59 Å². The van der Waals surface area contributed by atoms with Crippen LogP contribution in [-0.2, 0) is 16.0 Å². The number of nitrogens with zero attached hydrogens (tertiary/aromatic N) is 1. The molecule has 1 fully saturated rings. The second-order valence-corrected chi connectivity index (χ2v) is 4.30. The number of rotatable bonds is 4. The normalized spacial score (nSPS) is 22.3. The molecule has 0 spiro atoms. The van der Waals surface area contributed by atoms with Gasteiger partial charge in [-0.1, -0.05) is 30.3 Å². The number of benzene rings is 1. The third-order valence-electron chi connectivity index (χ3n) is 3.12. The summed E-state index contributed by atoms with van der Waals surface area (Å²) >= 11 is 0. The van der Waals surface area contributed by atoms with E-state index in [1.165, 1.54) is 17.4 Å². The molecule has 0 aliphatic carbocycles. The highest BCUT2D eigenvalue weighted by Gasteiger charge is 2.53. The molecule has 1 heterocycles. The molecule has 90 valence electrons. The SMILES string of the molecule is CC(=O)N1C(CCc2ccccc2)[C@H]1C(=O)O. The topological polar surface area (TPSA) is 57.4 Å². The van der Waals surface area contributed by atoms with Crippen LogP contribution in [0.15, 0.2) is 30.3 Å². The fourth-order valence-corrected chi connectivity index (χ4v) is 2.25. The van der Waals surface area contributed by atoms with Gasteiger partial charge in [0.2, 0.25) is 5.91 Å². The van der Waals surface area contributed by atoms with Gasteiger partial charge in [-0.2, -0.15) is 0 Å². The maximum atomic E-state index is 11.2. The van der Waals surface area contributed by atoms with E-state index in [1.807, 2.05) is 30.3 Å². The second kappa shape index (κ2) is 4.57. The first-order valence-corrected chi connectivity index (χ1v) is 5.67. The van der Waals surface area contributed by atoms with Gasteiger partial charge in [-0.3, -0.25) is 4.79 Å². The Balaban J connectivity index is 1.92. The van der Waals surface area contributed by atoms with Gasteiger partial charge in [0.25, 0.3) is 0 Å². The Labute approximate surface area is 99.9 Å². The summed E-state index contributed by atoms with van der Waals surface area (Å²) in [4.78, 5) is 23.5. The van der Waals surface area contributed by atoms with Crippen molar-refractivity contribution >= 4 is 11.9 Å². The van der Waals surface area contributed by atoms with Crippen LogP contribution in [0.2, 0.25) is 0 Å². The molecule has 0 radical (unpaired) electrons. The summed E-state index contributed by atoms with van der Waals surface area (Å²) in [6.45, 7) is 1.42. The van der Waals surface area contributed by atoms with Crippen LogP contribution in [0.4, 0.5) is 0 Å². The number of carboxylic acid groups (broad SMARTS) is 1. The monoisotopic (exact) mass is 233 g/mol. The lowest BCUT2D eigenvalue weighted by molar-refractivity contribution is -0.139. The highest BCUT2D eigenvalue weighted by atomic mass is 16.4. The molecule has 0 bridgehead atoms. The first-order chi connectivity index (χ1) is 8.11. The minimum atomic E-state index is -0.904. The molecule has 1 aliphatic rings. The van der Waals surface area contributed by atoms with E-state index in [2.05, 4.69) is 0 Å². The Morgan fingerprint density at radius 2 is 1.94 bits per heavy atom. The van der Waals surface area contributed by atoms with E-state index >= 15 is 0 Å². The zero-order valence-corrected chi connectivity index (χ0v) is 9.67. The zero-order chi connectivity index (χ0) is 12.4. The average molecular weight is 233 g/mol. The van der Waals surface area contributed by atoms with E-state index in [0.29, 0.717) is 6.42 Å². The fourth-order valence-electron chi connectivity index (χ4n) is 2.25. The lowest BCUT2D eigenvalue weighted by Gasteiger charge is -2.00. The van der Waals surface area contributed by atoms with Gasteiger partial charge in [-0.05, 0) is 18.4 Å². The molecule has 0 saturated carbocycles. The Hall–Kier alpha value is -1.84. The Kier molecular flexibility index (Phi) is 3.13. The van der Waals surface area contributed by atoms with Gasteiger partial charge in [0.15, 0.2) is 0 Å². The fraction of sp³-hybridized carbons (Fsp3) is 0.385. The molecule has 2 rings (SSSR count). The van der Waals surface area contributed by atoms with Gasteiger partial charge in [0.05, 0.1) is 6.04 Å². The van der Waals surface area contributed by atoms with Gasteiger partial charge in [-0.15, -0.1) is 0 Å². The maximum Gasteiger partial charge on any atom is 0.328 e. The van der Waals surface area contributed by atoms with Crippen LogP contribution in [-0.4, -0.2) is 34.0 Å². The first kappa shape index (κ1) is 11.6. The van der Waals surface area contributed by atoms with E-state index in [4.69, 9.17) is 5.11 Å². The van der Waals surface area contributed by atoms with Gasteiger partial charge in [-0.25, -0.2) is 4.79 Å². The molecule has 0 aromatic heterocycles. The summed E-state index contributed by atoms with van der Waals surface area (Å²) in [7, 11) is 0.